The molecule has 2 rings (SSSR count). The number of hydrogen-bond acceptors (Lipinski definition) is 4. The first kappa shape index (κ1) is 12.8. The lowest BCUT2D eigenvalue weighted by atomic mass is 10.2. The molecule has 17 heavy (non-hydrogen) atoms. The molecule has 92 valence electrons. The van der Waals surface area contributed by atoms with Crippen LogP contribution in [-0.2, 0) is 0 Å². The number of hydrogen-bond donors (Lipinski definition) is 2. The summed E-state index contributed by atoms with van der Waals surface area (Å²) in [7, 11) is 0. The highest BCUT2D eigenvalue weighted by Crippen LogP contribution is 2.23. The normalized spacial score (nSPS) is 14.8. The molecule has 2 heterocycles. The molecule has 0 saturated heterocycles. The molecular weight excluding hydrogens is 250 g/mol. The van der Waals surface area contributed by atoms with Crippen LogP contribution < -0.4 is 5.32 Å². The lowest BCUT2D eigenvalue weighted by Gasteiger charge is -2.15. The van der Waals surface area contributed by atoms with Gasteiger partial charge in [-0.15, -0.1) is 11.3 Å². The minimum atomic E-state index is -0.412. The van der Waals surface area contributed by atoms with E-state index >= 15 is 0 Å². The molecule has 0 aliphatic carbocycles. The van der Waals surface area contributed by atoms with Crippen LogP contribution in [0.2, 0.25) is 0 Å². The fourth-order valence-electron chi connectivity index (χ4n) is 1.66. The molecule has 0 aliphatic rings. The fraction of sp³-hybridized carbons (Fsp3) is 0.385. The fourth-order valence-corrected chi connectivity index (χ4v) is 3.27. The first-order valence-electron chi connectivity index (χ1n) is 5.66. The van der Waals surface area contributed by atoms with Crippen LogP contribution in [0.25, 0.3) is 0 Å². The van der Waals surface area contributed by atoms with Crippen molar-refractivity contribution in [2.24, 2.45) is 0 Å². The van der Waals surface area contributed by atoms with E-state index < -0.39 is 6.10 Å². The highest BCUT2D eigenvalue weighted by Gasteiger charge is 2.11. The van der Waals surface area contributed by atoms with E-state index in [2.05, 4.69) is 31.3 Å². The van der Waals surface area contributed by atoms with Crippen molar-refractivity contribution >= 4 is 22.7 Å². The van der Waals surface area contributed by atoms with Crippen LogP contribution in [0.4, 0.5) is 0 Å². The van der Waals surface area contributed by atoms with Gasteiger partial charge in [0.2, 0.25) is 0 Å². The Kier molecular flexibility index (Phi) is 4.34. The van der Waals surface area contributed by atoms with Crippen molar-refractivity contribution in [2.75, 3.05) is 6.54 Å². The molecule has 0 aliphatic heterocycles. The van der Waals surface area contributed by atoms with Crippen LogP contribution in [0.5, 0.6) is 0 Å². The molecule has 0 amide bonds. The second-order valence-electron chi connectivity index (χ2n) is 4.15. The van der Waals surface area contributed by atoms with E-state index in [4.69, 9.17) is 0 Å². The molecule has 0 saturated carbocycles. The lowest BCUT2D eigenvalue weighted by molar-refractivity contribution is 0.171. The van der Waals surface area contributed by atoms with Gasteiger partial charge >= 0.3 is 0 Å². The monoisotopic (exact) mass is 267 g/mol. The molecule has 2 aromatic rings. The van der Waals surface area contributed by atoms with Crippen molar-refractivity contribution in [1.82, 2.24) is 5.32 Å². The van der Waals surface area contributed by atoms with E-state index in [-0.39, 0.29) is 0 Å². The van der Waals surface area contributed by atoms with Gasteiger partial charge < -0.3 is 10.4 Å². The van der Waals surface area contributed by atoms with E-state index in [0.717, 1.165) is 5.56 Å². The van der Waals surface area contributed by atoms with Gasteiger partial charge in [-0.2, -0.15) is 11.3 Å². The standard InChI is InChI=1S/C13H17NOS2/c1-9-3-4-13(17-9)10(2)14-7-12(15)11-5-6-16-8-11/h3-6,8,10,12,14-15H,7H2,1-2H3. The molecule has 0 aromatic carbocycles. The second-order valence-corrected chi connectivity index (χ2v) is 6.25. The Labute approximate surface area is 110 Å². The van der Waals surface area contributed by atoms with Crippen LogP contribution in [0.1, 0.15) is 34.4 Å². The van der Waals surface area contributed by atoms with Crippen LogP contribution in [0.15, 0.2) is 29.0 Å². The zero-order valence-corrected chi connectivity index (χ0v) is 11.6. The summed E-state index contributed by atoms with van der Waals surface area (Å²) in [4.78, 5) is 2.65. The summed E-state index contributed by atoms with van der Waals surface area (Å²) in [6, 6.07) is 6.54. The smallest absolute Gasteiger partial charge is 0.0922 e. The SMILES string of the molecule is Cc1ccc(C(C)NCC(O)c2ccsc2)s1. The molecule has 0 radical (unpaired) electrons. The summed E-state index contributed by atoms with van der Waals surface area (Å²) in [5.74, 6) is 0. The highest BCUT2D eigenvalue weighted by molar-refractivity contribution is 7.12. The minimum Gasteiger partial charge on any atom is -0.387 e. The average molecular weight is 267 g/mol. The Hall–Kier alpha value is -0.680. The number of aliphatic hydroxyl groups is 1. The third-order valence-electron chi connectivity index (χ3n) is 2.73. The molecule has 2 aromatic heterocycles. The molecule has 4 heteroatoms. The quantitative estimate of drug-likeness (QED) is 0.869. The molecule has 0 spiro atoms. The molecule has 2 atom stereocenters. The summed E-state index contributed by atoms with van der Waals surface area (Å²) in [5.41, 5.74) is 0.997. The Balaban J connectivity index is 1.86. The number of aliphatic hydroxyl groups excluding tert-OH is 1. The van der Waals surface area contributed by atoms with Gasteiger partial charge in [0, 0.05) is 22.3 Å². The van der Waals surface area contributed by atoms with Gasteiger partial charge in [-0.05, 0) is 48.4 Å². The third-order valence-corrected chi connectivity index (χ3v) is 4.62. The van der Waals surface area contributed by atoms with Crippen molar-refractivity contribution in [3.05, 3.63) is 44.3 Å². The Morgan fingerprint density at radius 3 is 2.76 bits per heavy atom. The van der Waals surface area contributed by atoms with Gasteiger partial charge in [-0.1, -0.05) is 0 Å². The summed E-state index contributed by atoms with van der Waals surface area (Å²) in [6.07, 6.45) is -0.412. The average Bonchev–Trinajstić information content (AvgIpc) is 2.95. The molecular formula is C13H17NOS2. The van der Waals surface area contributed by atoms with Gasteiger partial charge in [0.1, 0.15) is 0 Å². The summed E-state index contributed by atoms with van der Waals surface area (Å²) in [5, 5.41) is 17.3. The van der Waals surface area contributed by atoms with E-state index in [1.807, 2.05) is 16.8 Å². The Morgan fingerprint density at radius 1 is 1.35 bits per heavy atom. The maximum Gasteiger partial charge on any atom is 0.0922 e. The first-order chi connectivity index (χ1) is 8.16. The van der Waals surface area contributed by atoms with Crippen molar-refractivity contribution in [1.29, 1.82) is 0 Å². The van der Waals surface area contributed by atoms with E-state index in [1.54, 1.807) is 22.7 Å². The summed E-state index contributed by atoms with van der Waals surface area (Å²) < 4.78 is 0. The summed E-state index contributed by atoms with van der Waals surface area (Å²) >= 11 is 3.42. The zero-order chi connectivity index (χ0) is 12.3. The van der Waals surface area contributed by atoms with Crippen molar-refractivity contribution in [3.63, 3.8) is 0 Å². The van der Waals surface area contributed by atoms with Gasteiger partial charge in [0.15, 0.2) is 0 Å². The molecule has 2 nitrogen and oxygen atoms in total. The van der Waals surface area contributed by atoms with Crippen molar-refractivity contribution < 1.29 is 5.11 Å². The van der Waals surface area contributed by atoms with Crippen LogP contribution >= 0.6 is 22.7 Å². The van der Waals surface area contributed by atoms with E-state index in [1.165, 1.54) is 9.75 Å². The van der Waals surface area contributed by atoms with Gasteiger partial charge in [-0.25, -0.2) is 0 Å². The van der Waals surface area contributed by atoms with Crippen LogP contribution in [0.3, 0.4) is 0 Å². The molecule has 2 unspecified atom stereocenters. The van der Waals surface area contributed by atoms with Crippen molar-refractivity contribution in [2.45, 2.75) is 26.0 Å². The van der Waals surface area contributed by atoms with E-state index in [0.29, 0.717) is 12.6 Å². The van der Waals surface area contributed by atoms with Crippen LogP contribution in [-0.4, -0.2) is 11.7 Å². The van der Waals surface area contributed by atoms with Gasteiger partial charge in [-0.3, -0.25) is 0 Å². The maximum atomic E-state index is 9.96. The maximum absolute atomic E-state index is 9.96. The van der Waals surface area contributed by atoms with Crippen LogP contribution in [0, 0.1) is 6.92 Å². The number of nitrogens with one attached hydrogen (secondary N) is 1. The van der Waals surface area contributed by atoms with Gasteiger partial charge in [0.05, 0.1) is 6.10 Å². The zero-order valence-electron chi connectivity index (χ0n) is 10.0. The predicted molar refractivity (Wildman–Crippen MR) is 74.8 cm³/mol. The Morgan fingerprint density at radius 2 is 2.18 bits per heavy atom. The minimum absolute atomic E-state index is 0.294. The number of aryl methyl sites for hydroxylation is 1. The number of thiophene rings is 2. The second kappa shape index (κ2) is 5.78. The largest absolute Gasteiger partial charge is 0.387 e. The van der Waals surface area contributed by atoms with E-state index in [9.17, 15) is 5.11 Å². The highest BCUT2D eigenvalue weighted by atomic mass is 32.1. The lowest BCUT2D eigenvalue weighted by Crippen LogP contribution is -2.23. The number of rotatable bonds is 5. The van der Waals surface area contributed by atoms with Gasteiger partial charge in [0.25, 0.3) is 0 Å². The third kappa shape index (κ3) is 3.39. The first-order valence-corrected chi connectivity index (χ1v) is 7.42. The topological polar surface area (TPSA) is 32.3 Å². The Bertz CT molecular complexity index is 450. The molecule has 0 bridgehead atoms. The predicted octanol–water partition coefficient (Wildman–Crippen LogP) is 3.50. The summed E-state index contributed by atoms with van der Waals surface area (Å²) in [6.45, 7) is 4.83. The molecule has 2 N–H and O–H groups in total. The molecule has 0 fully saturated rings. The van der Waals surface area contributed by atoms with Crippen molar-refractivity contribution in [3.8, 4) is 0 Å².